The normalized spacial score (nSPS) is 15.2. The summed E-state index contributed by atoms with van der Waals surface area (Å²) in [6, 6.07) is 0. The van der Waals surface area contributed by atoms with E-state index in [4.69, 9.17) is 4.74 Å². The zero-order chi connectivity index (χ0) is 16.8. The molecule has 0 spiro atoms. The molecule has 1 saturated carbocycles. The van der Waals surface area contributed by atoms with Gasteiger partial charge in [0.1, 0.15) is 0 Å². The van der Waals surface area contributed by atoms with Gasteiger partial charge in [0.2, 0.25) is 0 Å². The third kappa shape index (κ3) is 11.4. The van der Waals surface area contributed by atoms with Crippen molar-refractivity contribution in [2.24, 2.45) is 10.9 Å². The third-order valence-corrected chi connectivity index (χ3v) is 4.20. The van der Waals surface area contributed by atoms with Crippen LogP contribution in [-0.2, 0) is 4.74 Å². The van der Waals surface area contributed by atoms with E-state index in [1.165, 1.54) is 32.2 Å². The Morgan fingerprint density at radius 2 is 1.87 bits per heavy atom. The lowest BCUT2D eigenvalue weighted by Gasteiger charge is -2.18. The summed E-state index contributed by atoms with van der Waals surface area (Å²) in [6.45, 7) is 14.6. The maximum atomic E-state index is 5.64. The highest BCUT2D eigenvalue weighted by molar-refractivity contribution is 5.79. The maximum absolute atomic E-state index is 5.64. The van der Waals surface area contributed by atoms with Crippen LogP contribution in [0.5, 0.6) is 0 Å². The van der Waals surface area contributed by atoms with Crippen LogP contribution in [0.1, 0.15) is 52.9 Å². The van der Waals surface area contributed by atoms with E-state index in [1.54, 1.807) is 0 Å². The van der Waals surface area contributed by atoms with Crippen molar-refractivity contribution >= 4 is 5.96 Å². The molecule has 0 saturated heterocycles. The van der Waals surface area contributed by atoms with Crippen LogP contribution in [0, 0.1) is 5.92 Å². The highest BCUT2D eigenvalue weighted by atomic mass is 16.5. The van der Waals surface area contributed by atoms with Gasteiger partial charge in [0.15, 0.2) is 5.96 Å². The van der Waals surface area contributed by atoms with E-state index < -0.39 is 0 Å². The summed E-state index contributed by atoms with van der Waals surface area (Å²) in [6.07, 6.45) is 6.15. The summed E-state index contributed by atoms with van der Waals surface area (Å²) < 4.78 is 5.64. The summed E-state index contributed by atoms with van der Waals surface area (Å²) in [7, 11) is 0. The predicted octanol–water partition coefficient (Wildman–Crippen LogP) is 2.48. The minimum atomic E-state index is 0.833. The first kappa shape index (κ1) is 20.2. The van der Waals surface area contributed by atoms with Gasteiger partial charge in [-0.1, -0.05) is 13.8 Å². The van der Waals surface area contributed by atoms with Crippen LogP contribution in [0.4, 0.5) is 0 Å². The van der Waals surface area contributed by atoms with Crippen molar-refractivity contribution in [1.82, 2.24) is 15.5 Å². The SMILES string of the molecule is CCNC(=NCCCOCC1CC1)NCCCCN(CC)CC. The molecule has 0 heterocycles. The topological polar surface area (TPSA) is 48.9 Å². The average molecular weight is 327 g/mol. The number of unbranched alkanes of at least 4 members (excludes halogenated alkanes) is 1. The Labute approximate surface area is 143 Å². The van der Waals surface area contributed by atoms with Crippen LogP contribution in [0.2, 0.25) is 0 Å². The van der Waals surface area contributed by atoms with E-state index in [2.05, 4.69) is 41.3 Å². The van der Waals surface area contributed by atoms with Gasteiger partial charge in [-0.3, -0.25) is 4.99 Å². The van der Waals surface area contributed by atoms with Crippen molar-refractivity contribution in [3.8, 4) is 0 Å². The Balaban J connectivity index is 2.03. The van der Waals surface area contributed by atoms with E-state index in [0.717, 1.165) is 64.2 Å². The minimum Gasteiger partial charge on any atom is -0.381 e. The van der Waals surface area contributed by atoms with Crippen molar-refractivity contribution in [2.75, 3.05) is 52.5 Å². The molecule has 0 amide bonds. The standard InChI is InChI=1S/C18H38N4O/c1-4-19-18(20-12-7-8-14-22(5-2)6-3)21-13-9-15-23-16-17-10-11-17/h17H,4-16H2,1-3H3,(H2,19,20,21). The van der Waals surface area contributed by atoms with Gasteiger partial charge in [0, 0.05) is 32.8 Å². The fourth-order valence-corrected chi connectivity index (χ4v) is 2.44. The number of guanidine groups is 1. The molecule has 0 aromatic carbocycles. The van der Waals surface area contributed by atoms with E-state index in [9.17, 15) is 0 Å². The second-order valence-corrected chi connectivity index (χ2v) is 6.29. The smallest absolute Gasteiger partial charge is 0.191 e. The lowest BCUT2D eigenvalue weighted by Crippen LogP contribution is -2.38. The molecule has 0 aromatic heterocycles. The molecule has 0 atom stereocenters. The van der Waals surface area contributed by atoms with Gasteiger partial charge in [-0.25, -0.2) is 0 Å². The predicted molar refractivity (Wildman–Crippen MR) is 99.2 cm³/mol. The number of ether oxygens (including phenoxy) is 1. The van der Waals surface area contributed by atoms with E-state index in [0.29, 0.717) is 0 Å². The van der Waals surface area contributed by atoms with Crippen LogP contribution >= 0.6 is 0 Å². The molecule has 0 aromatic rings. The monoisotopic (exact) mass is 326 g/mol. The zero-order valence-electron chi connectivity index (χ0n) is 15.6. The van der Waals surface area contributed by atoms with Crippen molar-refractivity contribution in [1.29, 1.82) is 0 Å². The fourth-order valence-electron chi connectivity index (χ4n) is 2.44. The second-order valence-electron chi connectivity index (χ2n) is 6.29. The fraction of sp³-hybridized carbons (Fsp3) is 0.944. The van der Waals surface area contributed by atoms with Crippen LogP contribution in [0.3, 0.4) is 0 Å². The second kappa shape index (κ2) is 13.6. The van der Waals surface area contributed by atoms with E-state index in [1.807, 2.05) is 0 Å². The number of nitrogens with zero attached hydrogens (tertiary/aromatic N) is 2. The minimum absolute atomic E-state index is 0.833. The number of rotatable bonds is 14. The number of hydrogen-bond donors (Lipinski definition) is 2. The lowest BCUT2D eigenvalue weighted by molar-refractivity contribution is 0.123. The van der Waals surface area contributed by atoms with Crippen LogP contribution in [-0.4, -0.2) is 63.3 Å². The van der Waals surface area contributed by atoms with Gasteiger partial charge < -0.3 is 20.3 Å². The Kier molecular flexibility index (Phi) is 12.0. The molecule has 0 unspecified atom stereocenters. The van der Waals surface area contributed by atoms with E-state index >= 15 is 0 Å². The molecule has 0 bridgehead atoms. The molecule has 23 heavy (non-hydrogen) atoms. The summed E-state index contributed by atoms with van der Waals surface area (Å²) in [5.41, 5.74) is 0. The van der Waals surface area contributed by atoms with Gasteiger partial charge in [-0.05, 0) is 64.6 Å². The van der Waals surface area contributed by atoms with Crippen molar-refractivity contribution in [2.45, 2.75) is 52.9 Å². The summed E-state index contributed by atoms with van der Waals surface area (Å²) in [5.74, 6) is 1.80. The third-order valence-electron chi connectivity index (χ3n) is 4.20. The number of hydrogen-bond acceptors (Lipinski definition) is 3. The molecule has 0 aliphatic heterocycles. The van der Waals surface area contributed by atoms with Gasteiger partial charge in [-0.15, -0.1) is 0 Å². The first-order valence-electron chi connectivity index (χ1n) is 9.62. The van der Waals surface area contributed by atoms with E-state index in [-0.39, 0.29) is 0 Å². The average Bonchev–Trinajstić information content (AvgIpc) is 3.38. The maximum Gasteiger partial charge on any atom is 0.191 e. The van der Waals surface area contributed by atoms with Crippen molar-refractivity contribution in [3.63, 3.8) is 0 Å². The molecule has 1 aliphatic carbocycles. The highest BCUT2D eigenvalue weighted by Gasteiger charge is 2.20. The van der Waals surface area contributed by atoms with Gasteiger partial charge in [-0.2, -0.15) is 0 Å². The van der Waals surface area contributed by atoms with Crippen LogP contribution < -0.4 is 10.6 Å². The summed E-state index contributed by atoms with van der Waals surface area (Å²) in [5, 5.41) is 6.74. The molecule has 1 fully saturated rings. The molecule has 2 N–H and O–H groups in total. The number of nitrogens with one attached hydrogen (secondary N) is 2. The highest BCUT2D eigenvalue weighted by Crippen LogP contribution is 2.28. The van der Waals surface area contributed by atoms with Crippen LogP contribution in [0.15, 0.2) is 4.99 Å². The van der Waals surface area contributed by atoms with Gasteiger partial charge in [0.05, 0.1) is 0 Å². The number of aliphatic imine (C=N–C) groups is 1. The molecule has 5 nitrogen and oxygen atoms in total. The van der Waals surface area contributed by atoms with Crippen molar-refractivity contribution < 1.29 is 4.74 Å². The molecule has 5 heteroatoms. The van der Waals surface area contributed by atoms with Gasteiger partial charge in [0.25, 0.3) is 0 Å². The first-order valence-corrected chi connectivity index (χ1v) is 9.62. The Morgan fingerprint density at radius 1 is 1.09 bits per heavy atom. The van der Waals surface area contributed by atoms with Crippen molar-refractivity contribution in [3.05, 3.63) is 0 Å². The zero-order valence-corrected chi connectivity index (χ0v) is 15.6. The first-order chi connectivity index (χ1) is 11.3. The molecular formula is C18H38N4O. The molecule has 1 rings (SSSR count). The Bertz CT molecular complexity index is 301. The van der Waals surface area contributed by atoms with Crippen LogP contribution in [0.25, 0.3) is 0 Å². The lowest BCUT2D eigenvalue weighted by atomic mass is 10.3. The molecule has 0 radical (unpaired) electrons. The summed E-state index contributed by atoms with van der Waals surface area (Å²) in [4.78, 5) is 7.09. The van der Waals surface area contributed by atoms with Gasteiger partial charge >= 0.3 is 0 Å². The Hall–Kier alpha value is -0.810. The largest absolute Gasteiger partial charge is 0.381 e. The Morgan fingerprint density at radius 3 is 2.52 bits per heavy atom. The molecule has 136 valence electrons. The molecular weight excluding hydrogens is 288 g/mol. The quantitative estimate of drug-likeness (QED) is 0.292. The summed E-state index contributed by atoms with van der Waals surface area (Å²) >= 11 is 0. The molecule has 1 aliphatic rings.